The molecule has 0 spiro atoms. The molecule has 0 atom stereocenters. The predicted octanol–water partition coefficient (Wildman–Crippen LogP) is 3.74. The maximum absolute atomic E-state index is 5.74. The largest absolute Gasteiger partial charge is 0.460 e. The second-order valence-electron chi connectivity index (χ2n) is 3.78. The number of hydrogen-bond acceptors (Lipinski definition) is 2. The number of nitrogens with one attached hydrogen (secondary N) is 1. The first-order valence-corrected chi connectivity index (χ1v) is 6.00. The van der Waals surface area contributed by atoms with Crippen molar-refractivity contribution in [1.29, 1.82) is 0 Å². The third-order valence-electron chi connectivity index (χ3n) is 2.40. The molecule has 3 heteroatoms. The third kappa shape index (κ3) is 2.36. The monoisotopic (exact) mass is 279 g/mol. The Morgan fingerprint density at radius 1 is 1.25 bits per heavy atom. The molecule has 2 rings (SSSR count). The molecule has 0 amide bonds. The highest BCUT2D eigenvalue weighted by molar-refractivity contribution is 9.10. The maximum Gasteiger partial charge on any atom is 0.135 e. The molecule has 16 heavy (non-hydrogen) atoms. The van der Waals surface area contributed by atoms with Gasteiger partial charge in [0.2, 0.25) is 0 Å². The van der Waals surface area contributed by atoms with E-state index in [1.807, 2.05) is 19.2 Å². The van der Waals surface area contributed by atoms with Gasteiger partial charge in [0.15, 0.2) is 0 Å². The molecule has 2 aromatic rings. The number of benzene rings is 1. The van der Waals surface area contributed by atoms with Crippen LogP contribution in [0.25, 0.3) is 11.3 Å². The number of hydrogen-bond donors (Lipinski definition) is 1. The van der Waals surface area contributed by atoms with Crippen molar-refractivity contribution in [2.24, 2.45) is 0 Å². The topological polar surface area (TPSA) is 25.2 Å². The van der Waals surface area contributed by atoms with Crippen LogP contribution in [0.5, 0.6) is 0 Å². The van der Waals surface area contributed by atoms with Crippen LogP contribution < -0.4 is 5.32 Å². The fourth-order valence-electron chi connectivity index (χ4n) is 1.61. The third-order valence-corrected chi connectivity index (χ3v) is 3.06. The van der Waals surface area contributed by atoms with E-state index in [9.17, 15) is 0 Å². The van der Waals surface area contributed by atoms with Crippen LogP contribution in [0.4, 0.5) is 0 Å². The van der Waals surface area contributed by atoms with Crippen LogP contribution in [-0.4, -0.2) is 7.05 Å². The van der Waals surface area contributed by atoms with Gasteiger partial charge in [-0.1, -0.05) is 22.0 Å². The molecule has 0 saturated heterocycles. The Hall–Kier alpha value is -1.06. The van der Waals surface area contributed by atoms with E-state index >= 15 is 0 Å². The van der Waals surface area contributed by atoms with Gasteiger partial charge in [-0.05, 0) is 43.8 Å². The molecule has 0 fully saturated rings. The Bertz CT molecular complexity index is 490. The van der Waals surface area contributed by atoms with Gasteiger partial charge >= 0.3 is 0 Å². The Kier molecular flexibility index (Phi) is 3.46. The highest BCUT2D eigenvalue weighted by Crippen LogP contribution is 2.30. The zero-order chi connectivity index (χ0) is 11.5. The summed E-state index contributed by atoms with van der Waals surface area (Å²) in [4.78, 5) is 0. The van der Waals surface area contributed by atoms with Gasteiger partial charge in [0.05, 0.1) is 6.54 Å². The van der Waals surface area contributed by atoms with Gasteiger partial charge < -0.3 is 9.73 Å². The molecule has 2 nitrogen and oxygen atoms in total. The molecule has 1 aromatic heterocycles. The van der Waals surface area contributed by atoms with Crippen LogP contribution in [-0.2, 0) is 6.54 Å². The molecule has 0 radical (unpaired) electrons. The lowest BCUT2D eigenvalue weighted by Crippen LogP contribution is -2.03. The number of furan rings is 1. The quantitative estimate of drug-likeness (QED) is 0.926. The normalized spacial score (nSPS) is 10.7. The van der Waals surface area contributed by atoms with Gasteiger partial charge in [-0.3, -0.25) is 0 Å². The summed E-state index contributed by atoms with van der Waals surface area (Å²) < 4.78 is 6.81. The summed E-state index contributed by atoms with van der Waals surface area (Å²) in [6.45, 7) is 2.83. The average Bonchev–Trinajstić information content (AvgIpc) is 2.67. The fourth-order valence-corrected chi connectivity index (χ4v) is 2.30. The molecule has 84 valence electrons. The Balaban J connectivity index is 2.35. The van der Waals surface area contributed by atoms with Crippen LogP contribution in [0.2, 0.25) is 0 Å². The van der Waals surface area contributed by atoms with Crippen molar-refractivity contribution in [2.75, 3.05) is 7.05 Å². The Morgan fingerprint density at radius 3 is 2.75 bits per heavy atom. The van der Waals surface area contributed by atoms with Crippen LogP contribution in [0, 0.1) is 6.92 Å². The van der Waals surface area contributed by atoms with E-state index in [2.05, 4.69) is 46.4 Å². The van der Waals surface area contributed by atoms with Crippen LogP contribution >= 0.6 is 15.9 Å². The first-order chi connectivity index (χ1) is 7.70. The average molecular weight is 280 g/mol. The minimum Gasteiger partial charge on any atom is -0.460 e. The van der Waals surface area contributed by atoms with Crippen LogP contribution in [0.15, 0.2) is 39.2 Å². The highest BCUT2D eigenvalue weighted by Gasteiger charge is 2.07. The Morgan fingerprint density at radius 2 is 2.06 bits per heavy atom. The second-order valence-corrected chi connectivity index (χ2v) is 4.63. The number of aryl methyl sites for hydroxylation is 1. The lowest BCUT2D eigenvalue weighted by molar-refractivity contribution is 0.507. The van der Waals surface area contributed by atoms with Crippen LogP contribution in [0.1, 0.15) is 11.3 Å². The van der Waals surface area contributed by atoms with Crippen molar-refractivity contribution >= 4 is 15.9 Å². The standard InChI is InChI=1S/C13H14BrNO/c1-9-3-5-11(12(14)7-9)13-6-4-10(16-13)8-15-2/h3-7,15H,8H2,1-2H3. The first kappa shape index (κ1) is 11.4. The molecular weight excluding hydrogens is 266 g/mol. The van der Waals surface area contributed by atoms with Gasteiger partial charge in [0.1, 0.15) is 11.5 Å². The molecular formula is C13H14BrNO. The number of rotatable bonds is 3. The minimum absolute atomic E-state index is 0.753. The summed E-state index contributed by atoms with van der Waals surface area (Å²) in [6, 6.07) is 10.2. The predicted molar refractivity (Wildman–Crippen MR) is 69.3 cm³/mol. The van der Waals surface area contributed by atoms with E-state index in [0.29, 0.717) is 0 Å². The van der Waals surface area contributed by atoms with Gasteiger partial charge in [-0.15, -0.1) is 0 Å². The van der Waals surface area contributed by atoms with E-state index < -0.39 is 0 Å². The van der Waals surface area contributed by atoms with Crippen molar-refractivity contribution in [1.82, 2.24) is 5.32 Å². The fraction of sp³-hybridized carbons (Fsp3) is 0.231. The molecule has 0 saturated carbocycles. The smallest absolute Gasteiger partial charge is 0.135 e. The van der Waals surface area contributed by atoms with Gasteiger partial charge in [0, 0.05) is 10.0 Å². The van der Waals surface area contributed by atoms with E-state index in [4.69, 9.17) is 4.42 Å². The van der Waals surface area contributed by atoms with Crippen molar-refractivity contribution in [3.63, 3.8) is 0 Å². The molecule has 0 aliphatic rings. The van der Waals surface area contributed by atoms with E-state index in [-0.39, 0.29) is 0 Å². The van der Waals surface area contributed by atoms with Crippen molar-refractivity contribution < 1.29 is 4.42 Å². The SMILES string of the molecule is CNCc1ccc(-c2ccc(C)cc2Br)o1. The highest BCUT2D eigenvalue weighted by atomic mass is 79.9. The summed E-state index contributed by atoms with van der Waals surface area (Å²) in [5, 5.41) is 3.07. The molecule has 0 aliphatic carbocycles. The summed E-state index contributed by atoms with van der Waals surface area (Å²) >= 11 is 3.56. The second kappa shape index (κ2) is 4.85. The zero-order valence-corrected chi connectivity index (χ0v) is 11.0. The Labute approximate surface area is 104 Å². The molecule has 1 aromatic carbocycles. The summed E-state index contributed by atoms with van der Waals surface area (Å²) in [5.74, 6) is 1.85. The summed E-state index contributed by atoms with van der Waals surface area (Å²) in [6.07, 6.45) is 0. The van der Waals surface area contributed by atoms with Gasteiger partial charge in [0.25, 0.3) is 0 Å². The van der Waals surface area contributed by atoms with E-state index in [1.165, 1.54) is 5.56 Å². The molecule has 1 heterocycles. The molecule has 1 N–H and O–H groups in total. The molecule has 0 aliphatic heterocycles. The lowest BCUT2D eigenvalue weighted by Gasteiger charge is -2.02. The zero-order valence-electron chi connectivity index (χ0n) is 9.38. The lowest BCUT2D eigenvalue weighted by atomic mass is 10.1. The number of halogens is 1. The molecule has 0 bridgehead atoms. The van der Waals surface area contributed by atoms with E-state index in [0.717, 1.165) is 28.1 Å². The van der Waals surface area contributed by atoms with Gasteiger partial charge in [-0.25, -0.2) is 0 Å². The van der Waals surface area contributed by atoms with Crippen LogP contribution in [0.3, 0.4) is 0 Å². The maximum atomic E-state index is 5.74. The van der Waals surface area contributed by atoms with Crippen molar-refractivity contribution in [3.05, 3.63) is 46.1 Å². The minimum atomic E-state index is 0.753. The van der Waals surface area contributed by atoms with Crippen molar-refractivity contribution in [2.45, 2.75) is 13.5 Å². The van der Waals surface area contributed by atoms with Gasteiger partial charge in [-0.2, -0.15) is 0 Å². The first-order valence-electron chi connectivity index (χ1n) is 5.20. The van der Waals surface area contributed by atoms with Crippen molar-refractivity contribution in [3.8, 4) is 11.3 Å². The summed E-state index contributed by atoms with van der Waals surface area (Å²) in [7, 11) is 1.91. The molecule has 0 unspecified atom stereocenters. The summed E-state index contributed by atoms with van der Waals surface area (Å²) in [5.41, 5.74) is 2.32. The van der Waals surface area contributed by atoms with E-state index in [1.54, 1.807) is 0 Å².